The van der Waals surface area contributed by atoms with Gasteiger partial charge < -0.3 is 20.4 Å². The average molecular weight is 443 g/mol. The number of rotatable bonds is 9. The van der Waals surface area contributed by atoms with Crippen LogP contribution < -0.4 is 16.0 Å². The van der Waals surface area contributed by atoms with Gasteiger partial charge in [0.05, 0.1) is 0 Å². The lowest BCUT2D eigenvalue weighted by Crippen LogP contribution is -2.42. The van der Waals surface area contributed by atoms with Crippen LogP contribution in [0.15, 0.2) is 46.9 Å². The smallest absolute Gasteiger partial charge is 0.296 e. The van der Waals surface area contributed by atoms with Gasteiger partial charge in [0, 0.05) is 24.8 Å². The molecule has 170 valence electrons. The molecule has 1 fully saturated rings. The van der Waals surface area contributed by atoms with Crippen molar-refractivity contribution in [1.82, 2.24) is 10.3 Å². The maximum atomic E-state index is 13.5. The molecule has 1 aliphatic carbocycles. The summed E-state index contributed by atoms with van der Waals surface area (Å²) in [5, 5.41) is 9.23. The lowest BCUT2D eigenvalue weighted by atomic mass is 9.84. The summed E-state index contributed by atoms with van der Waals surface area (Å²) in [4.78, 5) is 17.3. The van der Waals surface area contributed by atoms with Crippen LogP contribution in [0.5, 0.6) is 0 Å². The summed E-state index contributed by atoms with van der Waals surface area (Å²) in [6.07, 6.45) is 6.51. The van der Waals surface area contributed by atoms with Crippen molar-refractivity contribution in [2.75, 3.05) is 23.7 Å². The van der Waals surface area contributed by atoms with Crippen molar-refractivity contribution >= 4 is 28.7 Å². The van der Waals surface area contributed by atoms with E-state index in [0.29, 0.717) is 36.5 Å². The van der Waals surface area contributed by atoms with E-state index in [1.807, 2.05) is 0 Å². The van der Waals surface area contributed by atoms with E-state index < -0.39 is 6.04 Å². The van der Waals surface area contributed by atoms with Crippen molar-refractivity contribution in [3.05, 3.63) is 54.1 Å². The van der Waals surface area contributed by atoms with Crippen LogP contribution in [0, 0.1) is 17.6 Å². The number of anilines is 2. The maximum absolute atomic E-state index is 13.5. The second kappa shape index (κ2) is 10.4. The van der Waals surface area contributed by atoms with Gasteiger partial charge in [-0.25, -0.2) is 8.78 Å². The zero-order chi connectivity index (χ0) is 22.3. The first-order chi connectivity index (χ1) is 15.6. The number of nitrogens with zero attached hydrogens (tertiary/aromatic N) is 1. The minimum atomic E-state index is -0.498. The molecule has 3 aromatic rings. The Morgan fingerprint density at radius 2 is 1.78 bits per heavy atom. The van der Waals surface area contributed by atoms with Gasteiger partial charge >= 0.3 is 0 Å². The number of hydrogen-bond acceptors (Lipinski definition) is 5. The van der Waals surface area contributed by atoms with E-state index in [0.717, 1.165) is 18.5 Å². The SMILES string of the molecule is O=C(NCCNc1ccc(F)cc1)[C@H](CC1CCCCC1)Nc1nc2cc(F)ccc2o1. The Balaban J connectivity index is 1.36. The number of fused-ring (bicyclic) bond motifs is 1. The molecule has 1 heterocycles. The molecule has 1 aliphatic rings. The monoisotopic (exact) mass is 442 g/mol. The molecule has 1 aromatic heterocycles. The first-order valence-electron chi connectivity index (χ1n) is 11.2. The van der Waals surface area contributed by atoms with Crippen molar-refractivity contribution in [3.63, 3.8) is 0 Å². The Hall–Kier alpha value is -3.16. The molecule has 0 radical (unpaired) electrons. The second-order valence-electron chi connectivity index (χ2n) is 8.29. The number of nitrogens with one attached hydrogen (secondary N) is 3. The maximum Gasteiger partial charge on any atom is 0.296 e. The molecule has 0 spiro atoms. The summed E-state index contributed by atoms with van der Waals surface area (Å²) in [7, 11) is 0. The lowest BCUT2D eigenvalue weighted by molar-refractivity contribution is -0.122. The van der Waals surface area contributed by atoms with Crippen molar-refractivity contribution in [2.24, 2.45) is 5.92 Å². The highest BCUT2D eigenvalue weighted by Gasteiger charge is 2.25. The average Bonchev–Trinajstić information content (AvgIpc) is 3.19. The summed E-state index contributed by atoms with van der Waals surface area (Å²) in [5.74, 6) is -0.346. The highest BCUT2D eigenvalue weighted by Crippen LogP contribution is 2.29. The molecule has 0 aliphatic heterocycles. The topological polar surface area (TPSA) is 79.2 Å². The third kappa shape index (κ3) is 5.96. The van der Waals surface area contributed by atoms with E-state index in [-0.39, 0.29) is 23.6 Å². The molecule has 6 nitrogen and oxygen atoms in total. The summed E-state index contributed by atoms with van der Waals surface area (Å²) >= 11 is 0. The van der Waals surface area contributed by atoms with Crippen LogP contribution in [-0.4, -0.2) is 30.0 Å². The predicted octanol–water partition coefficient (Wildman–Crippen LogP) is 5.09. The number of carbonyl (C=O) groups is 1. The zero-order valence-electron chi connectivity index (χ0n) is 17.9. The van der Waals surface area contributed by atoms with Crippen molar-refractivity contribution in [2.45, 2.75) is 44.6 Å². The number of amides is 1. The van der Waals surface area contributed by atoms with E-state index in [9.17, 15) is 13.6 Å². The van der Waals surface area contributed by atoms with Crippen LogP contribution in [0.2, 0.25) is 0 Å². The fourth-order valence-electron chi connectivity index (χ4n) is 4.18. The molecule has 3 N–H and O–H groups in total. The molecule has 2 aromatic carbocycles. The van der Waals surface area contributed by atoms with Crippen LogP contribution in [0.1, 0.15) is 38.5 Å². The molecule has 0 unspecified atom stereocenters. The Bertz CT molecular complexity index is 1030. The summed E-state index contributed by atoms with van der Waals surface area (Å²) in [6, 6.07) is 9.95. The van der Waals surface area contributed by atoms with Gasteiger partial charge in [-0.3, -0.25) is 4.79 Å². The highest BCUT2D eigenvalue weighted by molar-refractivity contribution is 5.84. The van der Waals surface area contributed by atoms with Crippen molar-refractivity contribution < 1.29 is 18.0 Å². The molecule has 1 amide bonds. The van der Waals surface area contributed by atoms with E-state index in [2.05, 4.69) is 20.9 Å². The Labute approximate surface area is 185 Å². The largest absolute Gasteiger partial charge is 0.424 e. The van der Waals surface area contributed by atoms with E-state index >= 15 is 0 Å². The van der Waals surface area contributed by atoms with Gasteiger partial charge in [-0.2, -0.15) is 4.98 Å². The number of carbonyl (C=O) groups excluding carboxylic acids is 1. The van der Waals surface area contributed by atoms with Crippen LogP contribution in [0.3, 0.4) is 0 Å². The third-order valence-corrected chi connectivity index (χ3v) is 5.86. The van der Waals surface area contributed by atoms with Gasteiger partial charge in [-0.1, -0.05) is 32.1 Å². The van der Waals surface area contributed by atoms with Crippen molar-refractivity contribution in [3.8, 4) is 0 Å². The molecule has 1 saturated carbocycles. The van der Waals surface area contributed by atoms with Gasteiger partial charge in [0.15, 0.2) is 5.58 Å². The first-order valence-corrected chi connectivity index (χ1v) is 11.2. The summed E-state index contributed by atoms with van der Waals surface area (Å²) in [6.45, 7) is 0.924. The number of aromatic nitrogens is 1. The molecule has 0 bridgehead atoms. The Kier molecular flexibility index (Phi) is 7.19. The van der Waals surface area contributed by atoms with Crippen LogP contribution in [0.25, 0.3) is 11.1 Å². The fourth-order valence-corrected chi connectivity index (χ4v) is 4.18. The van der Waals surface area contributed by atoms with Crippen molar-refractivity contribution in [1.29, 1.82) is 0 Å². The van der Waals surface area contributed by atoms with Gasteiger partial charge in [0.1, 0.15) is 23.2 Å². The molecular weight excluding hydrogens is 414 g/mol. The molecule has 8 heteroatoms. The summed E-state index contributed by atoms with van der Waals surface area (Å²) in [5.41, 5.74) is 1.67. The molecule has 1 atom stereocenters. The third-order valence-electron chi connectivity index (χ3n) is 5.86. The lowest BCUT2D eigenvalue weighted by Gasteiger charge is -2.26. The highest BCUT2D eigenvalue weighted by atomic mass is 19.1. The summed E-state index contributed by atoms with van der Waals surface area (Å²) < 4.78 is 32.2. The van der Waals surface area contributed by atoms with E-state index in [1.165, 1.54) is 49.6 Å². The molecule has 0 saturated heterocycles. The predicted molar refractivity (Wildman–Crippen MR) is 120 cm³/mol. The number of hydrogen-bond donors (Lipinski definition) is 3. The van der Waals surface area contributed by atoms with Crippen LogP contribution in [0.4, 0.5) is 20.5 Å². The fraction of sp³-hybridized carbons (Fsp3) is 0.417. The Morgan fingerprint density at radius 3 is 2.56 bits per heavy atom. The number of benzene rings is 2. The quantitative estimate of drug-likeness (QED) is 0.403. The van der Waals surface area contributed by atoms with E-state index in [4.69, 9.17) is 4.42 Å². The number of oxazole rings is 1. The van der Waals surface area contributed by atoms with E-state index in [1.54, 1.807) is 12.1 Å². The minimum Gasteiger partial charge on any atom is -0.424 e. The first kappa shape index (κ1) is 22.0. The van der Waals surface area contributed by atoms with Crippen LogP contribution >= 0.6 is 0 Å². The zero-order valence-corrected chi connectivity index (χ0v) is 17.9. The Morgan fingerprint density at radius 1 is 1.03 bits per heavy atom. The molecule has 4 rings (SSSR count). The van der Waals surface area contributed by atoms with Gasteiger partial charge in [-0.05, 0) is 48.7 Å². The van der Waals surface area contributed by atoms with Gasteiger partial charge in [0.2, 0.25) is 5.91 Å². The molecule has 32 heavy (non-hydrogen) atoms. The second-order valence-corrected chi connectivity index (χ2v) is 8.29. The number of halogens is 2. The minimum absolute atomic E-state index is 0.134. The van der Waals surface area contributed by atoms with Crippen LogP contribution in [-0.2, 0) is 4.79 Å². The van der Waals surface area contributed by atoms with Gasteiger partial charge in [-0.15, -0.1) is 0 Å². The molecular formula is C24H28F2N4O2. The normalized spacial score (nSPS) is 15.4. The van der Waals surface area contributed by atoms with Gasteiger partial charge in [0.25, 0.3) is 6.01 Å². The standard InChI is InChI=1S/C24H28F2N4O2/c25-17-6-9-19(10-7-17)27-12-13-28-23(31)21(14-16-4-2-1-3-5-16)30-24-29-20-15-18(26)8-11-22(20)32-24/h6-11,15-16,21,27H,1-5,12-14H2,(H,28,31)(H,29,30)/t21-/m0/s1.